The normalized spacial score (nSPS) is 43.1. The lowest BCUT2D eigenvalue weighted by Crippen LogP contribution is -2.80. The molecule has 0 amide bonds. The van der Waals surface area contributed by atoms with Crippen molar-refractivity contribution in [2.45, 2.75) is 62.6 Å². The summed E-state index contributed by atoms with van der Waals surface area (Å²) in [5.74, 6) is -7.80. The number of esters is 3. The molecule has 3 aliphatic carbocycles. The van der Waals surface area contributed by atoms with Gasteiger partial charge in [-0.25, -0.2) is 14.4 Å². The zero-order valence-corrected chi connectivity index (χ0v) is 23.2. The van der Waals surface area contributed by atoms with Crippen molar-refractivity contribution in [2.24, 2.45) is 28.6 Å². The number of aliphatic hydroxyl groups excluding tert-OH is 3. The van der Waals surface area contributed by atoms with E-state index in [1.807, 2.05) is 0 Å². The molecule has 2 saturated carbocycles. The largest absolute Gasteiger partial charge is 0.467 e. The fourth-order valence-electron chi connectivity index (χ4n) is 8.82. The number of carbonyl (C=O) groups is 4. The zero-order valence-electron chi connectivity index (χ0n) is 23.2. The van der Waals surface area contributed by atoms with Crippen molar-refractivity contribution in [1.29, 1.82) is 0 Å². The number of ether oxygens (including phenoxy) is 4. The summed E-state index contributed by atoms with van der Waals surface area (Å²) in [6.45, 7) is 2.78. The fourth-order valence-corrected chi connectivity index (χ4v) is 8.82. The lowest BCUT2D eigenvalue weighted by molar-refractivity contribution is -0.296. The molecule has 232 valence electrons. The molecule has 4 fully saturated rings. The third-order valence-corrected chi connectivity index (χ3v) is 10.5. The van der Waals surface area contributed by atoms with Crippen LogP contribution in [0, 0.1) is 28.6 Å². The number of carbonyl (C=O) groups excluding carboxylic acids is 4. The van der Waals surface area contributed by atoms with Gasteiger partial charge in [-0.3, -0.25) is 4.79 Å². The van der Waals surface area contributed by atoms with Crippen LogP contribution in [-0.4, -0.2) is 88.8 Å². The monoisotopic (exact) mass is 610 g/mol. The van der Waals surface area contributed by atoms with Crippen LogP contribution in [0.25, 0.3) is 0 Å². The molecule has 11 atom stereocenters. The van der Waals surface area contributed by atoms with Gasteiger partial charge in [0.15, 0.2) is 5.78 Å². The maximum absolute atomic E-state index is 13.6. The van der Waals surface area contributed by atoms with Crippen LogP contribution in [0.4, 0.5) is 13.2 Å². The molecule has 1 spiro atoms. The minimum Gasteiger partial charge on any atom is -0.467 e. The van der Waals surface area contributed by atoms with Crippen molar-refractivity contribution in [3.8, 4) is 0 Å². The van der Waals surface area contributed by atoms with E-state index in [0.29, 0.717) is 11.6 Å². The minimum atomic E-state index is -4.79. The standard InChI is InChI=1S/C29H29F3O11/c1-11-7-15(33)21(35)26(2)14(11)9-16-27-10-41-28(25(39)40-3,22(36)17(34)19(26)27)20(27)18(24(38)42-16)43-23(37)12-5-4-6-13(8-12)29(30,31)32/h4-8,14,16-22,34-36H,9-10H2,1-3H3/t14-,16+,17+,18+,19+,20+,21+,22-,26-,27+,28-/m0/s1. The van der Waals surface area contributed by atoms with E-state index in [9.17, 15) is 47.7 Å². The Bertz CT molecular complexity index is 1460. The zero-order chi connectivity index (χ0) is 31.4. The Balaban J connectivity index is 1.52. The Morgan fingerprint density at radius 1 is 1.12 bits per heavy atom. The van der Waals surface area contributed by atoms with Gasteiger partial charge < -0.3 is 34.3 Å². The predicted octanol–water partition coefficient (Wildman–Crippen LogP) is 0.969. The van der Waals surface area contributed by atoms with E-state index in [0.717, 1.165) is 25.3 Å². The van der Waals surface area contributed by atoms with Gasteiger partial charge in [-0.1, -0.05) is 18.6 Å². The van der Waals surface area contributed by atoms with Crippen molar-refractivity contribution < 1.29 is 66.6 Å². The summed E-state index contributed by atoms with van der Waals surface area (Å²) in [5, 5.41) is 34.6. The lowest BCUT2D eigenvalue weighted by Gasteiger charge is -2.67. The molecule has 0 unspecified atom stereocenters. The summed E-state index contributed by atoms with van der Waals surface area (Å²) in [6, 6.07) is 3.30. The second-order valence-corrected chi connectivity index (χ2v) is 12.3. The highest BCUT2D eigenvalue weighted by atomic mass is 19.4. The van der Waals surface area contributed by atoms with Gasteiger partial charge in [-0.05, 0) is 43.5 Å². The van der Waals surface area contributed by atoms with Gasteiger partial charge in [-0.2, -0.15) is 13.2 Å². The fraction of sp³-hybridized carbons (Fsp3) is 0.586. The smallest absolute Gasteiger partial charge is 0.416 e. The van der Waals surface area contributed by atoms with Crippen LogP contribution < -0.4 is 0 Å². The SMILES string of the molecule is COC(=O)[C@@]12OC[C@]34[C@H]([C@@H](O)[C@@H]1O)[C@@]1(C)[C@H](O)C(=O)C=C(C)[C@@H]1C[C@H]3OC(=O)[C@H](OC(=O)c1cccc(C(F)(F)F)c1)[C@@H]24. The topological polar surface area (TPSA) is 166 Å². The van der Waals surface area contributed by atoms with Crippen LogP contribution in [0.2, 0.25) is 0 Å². The van der Waals surface area contributed by atoms with Crippen molar-refractivity contribution in [2.75, 3.05) is 13.7 Å². The van der Waals surface area contributed by atoms with E-state index in [-0.39, 0.29) is 6.42 Å². The number of aliphatic hydroxyl groups is 3. The number of halogens is 3. The Hall–Kier alpha value is -3.33. The van der Waals surface area contributed by atoms with E-state index in [2.05, 4.69) is 0 Å². The summed E-state index contributed by atoms with van der Waals surface area (Å²) in [6.07, 6.45) is -12.2. The van der Waals surface area contributed by atoms with E-state index < -0.39 is 112 Å². The average molecular weight is 611 g/mol. The van der Waals surface area contributed by atoms with E-state index in [1.54, 1.807) is 13.8 Å². The van der Waals surface area contributed by atoms with Crippen LogP contribution in [0.15, 0.2) is 35.9 Å². The van der Waals surface area contributed by atoms with E-state index >= 15 is 0 Å². The van der Waals surface area contributed by atoms with Crippen LogP contribution >= 0.6 is 0 Å². The molecule has 5 aliphatic rings. The molecule has 0 radical (unpaired) electrons. The number of hydrogen-bond donors (Lipinski definition) is 3. The molecular formula is C29H29F3O11. The summed E-state index contributed by atoms with van der Waals surface area (Å²) < 4.78 is 62.2. The molecule has 43 heavy (non-hydrogen) atoms. The quantitative estimate of drug-likeness (QED) is 0.330. The molecule has 11 nitrogen and oxygen atoms in total. The maximum atomic E-state index is 13.6. The first-order valence-corrected chi connectivity index (χ1v) is 13.6. The first-order chi connectivity index (χ1) is 20.1. The predicted molar refractivity (Wildman–Crippen MR) is 134 cm³/mol. The Morgan fingerprint density at radius 3 is 2.47 bits per heavy atom. The molecule has 14 heteroatoms. The molecule has 2 bridgehead atoms. The van der Waals surface area contributed by atoms with Gasteiger partial charge in [0.05, 0.1) is 36.9 Å². The highest BCUT2D eigenvalue weighted by Crippen LogP contribution is 2.72. The molecule has 2 saturated heterocycles. The maximum Gasteiger partial charge on any atom is 0.416 e. The summed E-state index contributed by atoms with van der Waals surface area (Å²) >= 11 is 0. The van der Waals surface area contributed by atoms with Gasteiger partial charge in [0.2, 0.25) is 11.7 Å². The van der Waals surface area contributed by atoms with Gasteiger partial charge in [0.1, 0.15) is 18.3 Å². The number of allylic oxidation sites excluding steroid dienone is 1. The molecule has 3 N–H and O–H groups in total. The molecule has 6 rings (SSSR count). The summed E-state index contributed by atoms with van der Waals surface area (Å²) in [5.41, 5.74) is -6.71. The van der Waals surface area contributed by atoms with Gasteiger partial charge in [0.25, 0.3) is 0 Å². The van der Waals surface area contributed by atoms with Crippen molar-refractivity contribution in [3.63, 3.8) is 0 Å². The molecule has 2 heterocycles. The molecule has 2 aliphatic heterocycles. The summed E-state index contributed by atoms with van der Waals surface area (Å²) in [4.78, 5) is 53.2. The number of benzene rings is 1. The van der Waals surface area contributed by atoms with Crippen LogP contribution in [0.3, 0.4) is 0 Å². The first-order valence-electron chi connectivity index (χ1n) is 13.6. The number of rotatable bonds is 3. The molecular weight excluding hydrogens is 581 g/mol. The van der Waals surface area contributed by atoms with Crippen LogP contribution in [-0.2, 0) is 39.5 Å². The lowest BCUT2D eigenvalue weighted by atomic mass is 9.38. The van der Waals surface area contributed by atoms with Crippen molar-refractivity contribution in [3.05, 3.63) is 47.0 Å². The van der Waals surface area contributed by atoms with Gasteiger partial charge in [-0.15, -0.1) is 0 Å². The number of ketones is 1. The second kappa shape index (κ2) is 9.34. The van der Waals surface area contributed by atoms with Gasteiger partial charge in [0, 0.05) is 16.7 Å². The van der Waals surface area contributed by atoms with E-state index in [1.165, 1.54) is 6.08 Å². The highest BCUT2D eigenvalue weighted by Gasteiger charge is 2.85. The van der Waals surface area contributed by atoms with Crippen molar-refractivity contribution in [1.82, 2.24) is 0 Å². The van der Waals surface area contributed by atoms with Crippen LogP contribution in [0.5, 0.6) is 0 Å². The highest BCUT2D eigenvalue weighted by molar-refractivity contribution is 5.96. The van der Waals surface area contributed by atoms with E-state index in [4.69, 9.17) is 18.9 Å². The third-order valence-electron chi connectivity index (χ3n) is 10.5. The average Bonchev–Trinajstić information content (AvgIpc) is 3.26. The van der Waals surface area contributed by atoms with Crippen molar-refractivity contribution >= 4 is 23.7 Å². The Labute approximate surface area is 242 Å². The minimum absolute atomic E-state index is 0.0274. The van der Waals surface area contributed by atoms with Crippen LogP contribution in [0.1, 0.15) is 36.2 Å². The number of fused-ring (bicyclic) bond motifs is 2. The Morgan fingerprint density at radius 2 is 1.81 bits per heavy atom. The number of methoxy groups -OCH3 is 1. The second-order valence-electron chi connectivity index (χ2n) is 12.3. The van der Waals surface area contributed by atoms with Gasteiger partial charge >= 0.3 is 24.1 Å². The summed E-state index contributed by atoms with van der Waals surface area (Å²) in [7, 11) is 0.981. The molecule has 1 aromatic carbocycles. The Kier molecular flexibility index (Phi) is 6.45. The first kappa shape index (κ1) is 29.7. The number of hydrogen-bond acceptors (Lipinski definition) is 11. The number of alkyl halides is 3. The molecule has 1 aromatic rings. The third kappa shape index (κ3) is 3.63. The molecule has 0 aromatic heterocycles.